The molecule has 0 aromatic carbocycles. The molecule has 1 amide bonds. The summed E-state index contributed by atoms with van der Waals surface area (Å²) in [6.07, 6.45) is 5.77. The Kier molecular flexibility index (Phi) is 3.69. The highest BCUT2D eigenvalue weighted by atomic mass is 79.9. The minimum absolute atomic E-state index is 0.0359. The van der Waals surface area contributed by atoms with Crippen LogP contribution < -0.4 is 0 Å². The van der Waals surface area contributed by atoms with Crippen molar-refractivity contribution in [2.24, 2.45) is 0 Å². The summed E-state index contributed by atoms with van der Waals surface area (Å²) in [5.74, 6) is 0.793. The first-order valence-electron chi connectivity index (χ1n) is 7.69. The topological polar surface area (TPSA) is 62.1 Å². The maximum Gasteiger partial charge on any atom is 0.289 e. The molecular formula is C17H16BrN3O2. The summed E-state index contributed by atoms with van der Waals surface area (Å²) >= 11 is 3.24. The van der Waals surface area contributed by atoms with Gasteiger partial charge in [0.25, 0.3) is 5.91 Å². The van der Waals surface area contributed by atoms with Gasteiger partial charge in [-0.25, -0.2) is 0 Å². The Morgan fingerprint density at radius 3 is 2.87 bits per heavy atom. The van der Waals surface area contributed by atoms with Gasteiger partial charge in [-0.15, -0.1) is 0 Å². The maximum absolute atomic E-state index is 12.4. The van der Waals surface area contributed by atoms with E-state index in [1.165, 1.54) is 5.56 Å². The van der Waals surface area contributed by atoms with Gasteiger partial charge in [-0.3, -0.25) is 9.78 Å². The molecule has 1 fully saturated rings. The van der Waals surface area contributed by atoms with Crippen LogP contribution in [-0.2, 0) is 0 Å². The lowest BCUT2D eigenvalue weighted by Gasteiger charge is -2.31. The van der Waals surface area contributed by atoms with Gasteiger partial charge in [0.2, 0.25) is 0 Å². The molecule has 4 rings (SSSR count). The Bertz CT molecular complexity index is 846. The number of pyridine rings is 1. The third kappa shape index (κ3) is 2.67. The molecule has 0 radical (unpaired) electrons. The van der Waals surface area contributed by atoms with E-state index >= 15 is 0 Å². The van der Waals surface area contributed by atoms with Gasteiger partial charge in [-0.1, -0.05) is 0 Å². The quantitative estimate of drug-likeness (QED) is 0.739. The molecule has 0 atom stereocenters. The molecule has 1 N–H and O–H groups in total. The fourth-order valence-electron chi connectivity index (χ4n) is 3.27. The predicted molar refractivity (Wildman–Crippen MR) is 90.4 cm³/mol. The number of piperidine rings is 1. The Hall–Kier alpha value is -2.08. The zero-order valence-electron chi connectivity index (χ0n) is 12.5. The fourth-order valence-corrected chi connectivity index (χ4v) is 3.57. The zero-order chi connectivity index (χ0) is 15.8. The summed E-state index contributed by atoms with van der Waals surface area (Å²) in [5, 5.41) is 0. The molecule has 3 aromatic rings. The molecule has 4 heterocycles. The number of hydrogen-bond acceptors (Lipinski definition) is 3. The van der Waals surface area contributed by atoms with Gasteiger partial charge in [0.05, 0.1) is 11.0 Å². The molecule has 0 bridgehead atoms. The van der Waals surface area contributed by atoms with E-state index in [4.69, 9.17) is 4.42 Å². The number of amides is 1. The van der Waals surface area contributed by atoms with Gasteiger partial charge < -0.3 is 14.3 Å². The van der Waals surface area contributed by atoms with E-state index in [0.717, 1.165) is 37.0 Å². The van der Waals surface area contributed by atoms with Crippen LogP contribution in [0.3, 0.4) is 0 Å². The van der Waals surface area contributed by atoms with Crippen molar-refractivity contribution in [1.29, 1.82) is 0 Å². The number of rotatable bonds is 2. The normalized spacial score (nSPS) is 16.1. The van der Waals surface area contributed by atoms with Crippen LogP contribution in [0.1, 0.15) is 34.9 Å². The van der Waals surface area contributed by atoms with E-state index in [2.05, 4.69) is 32.1 Å². The van der Waals surface area contributed by atoms with E-state index in [1.807, 2.05) is 23.2 Å². The molecule has 0 aliphatic carbocycles. The predicted octanol–water partition coefficient (Wildman–Crippen LogP) is 3.94. The summed E-state index contributed by atoms with van der Waals surface area (Å²) in [6.45, 7) is 1.47. The number of hydrogen-bond donors (Lipinski definition) is 1. The van der Waals surface area contributed by atoms with Crippen LogP contribution in [0.15, 0.2) is 45.7 Å². The van der Waals surface area contributed by atoms with Crippen LogP contribution in [-0.4, -0.2) is 33.9 Å². The molecular weight excluding hydrogens is 358 g/mol. The molecule has 118 valence electrons. The molecule has 6 heteroatoms. The van der Waals surface area contributed by atoms with E-state index < -0.39 is 0 Å². The molecule has 1 aliphatic rings. The van der Waals surface area contributed by atoms with Gasteiger partial charge in [-0.05, 0) is 64.5 Å². The number of aromatic amines is 1. The number of nitrogens with zero attached hydrogens (tertiary/aromatic N) is 2. The van der Waals surface area contributed by atoms with Crippen LogP contribution in [0.25, 0.3) is 11.0 Å². The highest BCUT2D eigenvalue weighted by molar-refractivity contribution is 9.10. The molecule has 1 saturated heterocycles. The largest absolute Gasteiger partial charge is 0.444 e. The van der Waals surface area contributed by atoms with Gasteiger partial charge in [0, 0.05) is 25.5 Å². The second-order valence-electron chi connectivity index (χ2n) is 5.81. The first-order chi connectivity index (χ1) is 11.2. The highest BCUT2D eigenvalue weighted by Crippen LogP contribution is 2.32. The van der Waals surface area contributed by atoms with Crippen molar-refractivity contribution in [2.75, 3.05) is 13.1 Å². The first-order valence-corrected chi connectivity index (χ1v) is 8.48. The summed E-state index contributed by atoms with van der Waals surface area (Å²) in [5.41, 5.74) is 3.38. The molecule has 3 aromatic heterocycles. The van der Waals surface area contributed by atoms with Crippen LogP contribution >= 0.6 is 15.9 Å². The van der Waals surface area contributed by atoms with Crippen molar-refractivity contribution < 1.29 is 9.21 Å². The van der Waals surface area contributed by atoms with E-state index in [1.54, 1.807) is 12.1 Å². The van der Waals surface area contributed by atoms with E-state index in [9.17, 15) is 4.79 Å². The number of carbonyl (C=O) groups excluding carboxylic acids is 1. The molecule has 0 spiro atoms. The number of halogens is 1. The number of nitrogens with one attached hydrogen (secondary N) is 1. The van der Waals surface area contributed by atoms with Crippen LogP contribution in [0.5, 0.6) is 0 Å². The molecule has 5 nitrogen and oxygen atoms in total. The zero-order valence-corrected chi connectivity index (χ0v) is 14.0. The highest BCUT2D eigenvalue weighted by Gasteiger charge is 2.27. The SMILES string of the molecule is O=C(c1ccc(Br)o1)N1CCC(c2c[nH]c3cccnc23)CC1. The van der Waals surface area contributed by atoms with Crippen molar-refractivity contribution in [3.05, 3.63) is 52.7 Å². The second kappa shape index (κ2) is 5.85. The molecule has 0 unspecified atom stereocenters. The fraction of sp³-hybridized carbons (Fsp3) is 0.294. The Labute approximate surface area is 141 Å². The number of aromatic nitrogens is 2. The lowest BCUT2D eigenvalue weighted by molar-refractivity contribution is 0.0679. The number of H-pyrrole nitrogens is 1. The summed E-state index contributed by atoms with van der Waals surface area (Å²) in [4.78, 5) is 22.1. The summed E-state index contributed by atoms with van der Waals surface area (Å²) in [7, 11) is 0. The van der Waals surface area contributed by atoms with Crippen LogP contribution in [0, 0.1) is 0 Å². The Morgan fingerprint density at radius 2 is 2.13 bits per heavy atom. The van der Waals surface area contributed by atoms with E-state index in [-0.39, 0.29) is 5.91 Å². The smallest absolute Gasteiger partial charge is 0.289 e. The van der Waals surface area contributed by atoms with Crippen molar-refractivity contribution in [3.8, 4) is 0 Å². The lowest BCUT2D eigenvalue weighted by Crippen LogP contribution is -2.37. The van der Waals surface area contributed by atoms with Crippen molar-refractivity contribution >= 4 is 32.9 Å². The lowest BCUT2D eigenvalue weighted by atomic mass is 9.90. The number of likely N-dealkylation sites (tertiary alicyclic amines) is 1. The van der Waals surface area contributed by atoms with Gasteiger partial charge >= 0.3 is 0 Å². The van der Waals surface area contributed by atoms with E-state index in [0.29, 0.717) is 16.3 Å². The number of fused-ring (bicyclic) bond motifs is 1. The maximum atomic E-state index is 12.4. The molecule has 0 saturated carbocycles. The monoisotopic (exact) mass is 373 g/mol. The minimum Gasteiger partial charge on any atom is -0.444 e. The van der Waals surface area contributed by atoms with Crippen LogP contribution in [0.2, 0.25) is 0 Å². The summed E-state index contributed by atoms with van der Waals surface area (Å²) < 4.78 is 5.95. The van der Waals surface area contributed by atoms with Crippen molar-refractivity contribution in [3.63, 3.8) is 0 Å². The van der Waals surface area contributed by atoms with Gasteiger partial charge in [0.15, 0.2) is 10.4 Å². The third-order valence-corrected chi connectivity index (χ3v) is 4.90. The third-order valence-electron chi connectivity index (χ3n) is 4.47. The Balaban J connectivity index is 1.48. The van der Waals surface area contributed by atoms with Crippen molar-refractivity contribution in [1.82, 2.24) is 14.9 Å². The van der Waals surface area contributed by atoms with Crippen LogP contribution in [0.4, 0.5) is 0 Å². The molecule has 1 aliphatic heterocycles. The van der Waals surface area contributed by atoms with Crippen molar-refractivity contribution in [2.45, 2.75) is 18.8 Å². The summed E-state index contributed by atoms with van der Waals surface area (Å²) in [6, 6.07) is 7.43. The number of furan rings is 1. The Morgan fingerprint density at radius 1 is 1.30 bits per heavy atom. The number of carbonyl (C=O) groups is 1. The average molecular weight is 374 g/mol. The van der Waals surface area contributed by atoms with Gasteiger partial charge in [-0.2, -0.15) is 0 Å². The second-order valence-corrected chi connectivity index (χ2v) is 6.60. The standard InChI is InChI=1S/C17H16BrN3O2/c18-15-4-3-14(23-15)17(22)21-8-5-11(6-9-21)12-10-20-13-2-1-7-19-16(12)13/h1-4,7,10-11,20H,5-6,8-9H2. The first kappa shape index (κ1) is 14.5. The van der Waals surface area contributed by atoms with Gasteiger partial charge in [0.1, 0.15) is 0 Å². The molecule has 23 heavy (non-hydrogen) atoms. The minimum atomic E-state index is -0.0359. The average Bonchev–Trinajstić information content (AvgIpc) is 3.21.